The molecule has 1 atom stereocenters. The predicted molar refractivity (Wildman–Crippen MR) is 84.2 cm³/mol. The molecule has 0 saturated heterocycles. The van der Waals surface area contributed by atoms with E-state index in [2.05, 4.69) is 34.2 Å². The summed E-state index contributed by atoms with van der Waals surface area (Å²) in [6, 6.07) is 9.95. The van der Waals surface area contributed by atoms with Crippen molar-refractivity contribution < 1.29 is 13.9 Å². The first-order valence-electron chi connectivity index (χ1n) is 6.68. The quantitative estimate of drug-likeness (QED) is 0.827. The molecule has 1 aromatic carbocycles. The van der Waals surface area contributed by atoms with Crippen LogP contribution in [-0.4, -0.2) is 13.1 Å². The lowest BCUT2D eigenvalue weighted by Gasteiger charge is -2.14. The fraction of sp³-hybridized carbons (Fsp3) is 0.312. The van der Waals surface area contributed by atoms with E-state index in [9.17, 15) is 4.79 Å². The average molecular weight is 352 g/mol. The van der Waals surface area contributed by atoms with Crippen molar-refractivity contribution in [3.8, 4) is 0 Å². The maximum Gasteiger partial charge on any atom is 0.341 e. The summed E-state index contributed by atoms with van der Waals surface area (Å²) in [4.78, 5) is 11.5. The predicted octanol–water partition coefficient (Wildman–Crippen LogP) is 3.99. The molecule has 21 heavy (non-hydrogen) atoms. The van der Waals surface area contributed by atoms with Crippen LogP contribution >= 0.6 is 15.9 Å². The van der Waals surface area contributed by atoms with E-state index in [0.29, 0.717) is 23.6 Å². The van der Waals surface area contributed by atoms with Crippen molar-refractivity contribution >= 4 is 21.9 Å². The smallest absolute Gasteiger partial charge is 0.341 e. The second-order valence-corrected chi connectivity index (χ2v) is 5.65. The van der Waals surface area contributed by atoms with E-state index in [1.165, 1.54) is 12.7 Å². The molecule has 2 aromatic rings. The standard InChI is InChI=1S/C16H18BrNO3/c1-10(13-6-4-5-7-15(13)17)18-9-12-8-14(11(2)21-12)16(19)20-3/h4-8,10,18H,9H2,1-3H3/t10-/m1/s1. The zero-order valence-electron chi connectivity index (χ0n) is 12.3. The number of nitrogens with one attached hydrogen (secondary N) is 1. The molecule has 112 valence electrons. The maximum absolute atomic E-state index is 11.5. The molecule has 1 heterocycles. The Morgan fingerprint density at radius 3 is 2.81 bits per heavy atom. The van der Waals surface area contributed by atoms with Gasteiger partial charge >= 0.3 is 5.97 Å². The molecule has 5 heteroatoms. The third-order valence-corrected chi connectivity index (χ3v) is 4.05. The summed E-state index contributed by atoms with van der Waals surface area (Å²) >= 11 is 3.54. The molecule has 0 unspecified atom stereocenters. The van der Waals surface area contributed by atoms with Gasteiger partial charge in [-0.1, -0.05) is 34.1 Å². The number of esters is 1. The minimum Gasteiger partial charge on any atom is -0.465 e. The number of rotatable bonds is 5. The number of ether oxygens (including phenoxy) is 1. The van der Waals surface area contributed by atoms with E-state index >= 15 is 0 Å². The third kappa shape index (κ3) is 3.74. The Bertz CT molecular complexity index is 636. The van der Waals surface area contributed by atoms with Gasteiger partial charge in [-0.15, -0.1) is 0 Å². The zero-order valence-corrected chi connectivity index (χ0v) is 13.9. The van der Waals surface area contributed by atoms with Gasteiger partial charge in [0, 0.05) is 10.5 Å². The number of halogens is 1. The number of hydrogen-bond donors (Lipinski definition) is 1. The van der Waals surface area contributed by atoms with Crippen molar-refractivity contribution in [2.45, 2.75) is 26.4 Å². The molecule has 0 aliphatic carbocycles. The third-order valence-electron chi connectivity index (χ3n) is 3.33. The molecule has 1 N–H and O–H groups in total. The highest BCUT2D eigenvalue weighted by Gasteiger charge is 2.16. The summed E-state index contributed by atoms with van der Waals surface area (Å²) in [5.74, 6) is 0.917. The Kier molecular flexibility index (Phi) is 5.20. The van der Waals surface area contributed by atoms with E-state index in [0.717, 1.165) is 4.47 Å². The first-order valence-corrected chi connectivity index (χ1v) is 7.47. The van der Waals surface area contributed by atoms with Crippen LogP contribution in [0.5, 0.6) is 0 Å². The summed E-state index contributed by atoms with van der Waals surface area (Å²) in [5.41, 5.74) is 1.65. The summed E-state index contributed by atoms with van der Waals surface area (Å²) in [6.07, 6.45) is 0. The van der Waals surface area contributed by atoms with Gasteiger partial charge in [0.05, 0.1) is 13.7 Å². The number of carbonyl (C=O) groups excluding carboxylic acids is 1. The van der Waals surface area contributed by atoms with Crippen LogP contribution in [0.3, 0.4) is 0 Å². The van der Waals surface area contributed by atoms with Crippen LogP contribution in [0.25, 0.3) is 0 Å². The molecule has 0 radical (unpaired) electrons. The van der Waals surface area contributed by atoms with Gasteiger partial charge in [0.1, 0.15) is 17.1 Å². The lowest BCUT2D eigenvalue weighted by Crippen LogP contribution is -2.18. The van der Waals surface area contributed by atoms with Crippen LogP contribution in [0.15, 0.2) is 39.2 Å². The largest absolute Gasteiger partial charge is 0.465 e. The molecular formula is C16H18BrNO3. The molecule has 0 aliphatic rings. The zero-order chi connectivity index (χ0) is 15.4. The molecule has 0 saturated carbocycles. The van der Waals surface area contributed by atoms with Crippen molar-refractivity contribution in [3.05, 3.63) is 57.5 Å². The highest BCUT2D eigenvalue weighted by atomic mass is 79.9. The molecule has 4 nitrogen and oxygen atoms in total. The molecule has 0 bridgehead atoms. The summed E-state index contributed by atoms with van der Waals surface area (Å²) in [7, 11) is 1.36. The molecule has 0 aliphatic heterocycles. The van der Waals surface area contributed by atoms with Crippen LogP contribution in [0.4, 0.5) is 0 Å². The van der Waals surface area contributed by atoms with Gasteiger partial charge in [-0.3, -0.25) is 0 Å². The van der Waals surface area contributed by atoms with Crippen LogP contribution < -0.4 is 5.32 Å². The Labute approximate surface area is 132 Å². The van der Waals surface area contributed by atoms with E-state index < -0.39 is 0 Å². The second-order valence-electron chi connectivity index (χ2n) is 4.80. The van der Waals surface area contributed by atoms with Gasteiger partial charge in [0.25, 0.3) is 0 Å². The van der Waals surface area contributed by atoms with Gasteiger partial charge < -0.3 is 14.5 Å². The first kappa shape index (κ1) is 15.8. The summed E-state index contributed by atoms with van der Waals surface area (Å²) in [6.45, 7) is 4.38. The average Bonchev–Trinajstić information content (AvgIpc) is 2.85. The summed E-state index contributed by atoms with van der Waals surface area (Å²) in [5, 5.41) is 3.38. The summed E-state index contributed by atoms with van der Waals surface area (Å²) < 4.78 is 11.4. The Morgan fingerprint density at radius 1 is 1.43 bits per heavy atom. The fourth-order valence-corrected chi connectivity index (χ4v) is 2.76. The van der Waals surface area contributed by atoms with Crippen molar-refractivity contribution in [1.29, 1.82) is 0 Å². The monoisotopic (exact) mass is 351 g/mol. The number of methoxy groups -OCH3 is 1. The van der Waals surface area contributed by atoms with Gasteiger partial charge in [0.2, 0.25) is 0 Å². The van der Waals surface area contributed by atoms with Crippen molar-refractivity contribution in [2.24, 2.45) is 0 Å². The highest BCUT2D eigenvalue weighted by molar-refractivity contribution is 9.10. The molecule has 0 spiro atoms. The minimum atomic E-state index is -0.374. The van der Waals surface area contributed by atoms with Crippen LogP contribution in [0, 0.1) is 6.92 Å². The van der Waals surface area contributed by atoms with Crippen LogP contribution in [0.2, 0.25) is 0 Å². The van der Waals surface area contributed by atoms with Gasteiger partial charge in [0.15, 0.2) is 0 Å². The van der Waals surface area contributed by atoms with E-state index in [-0.39, 0.29) is 12.0 Å². The molecule has 0 fully saturated rings. The second kappa shape index (κ2) is 6.91. The van der Waals surface area contributed by atoms with E-state index in [1.807, 2.05) is 18.2 Å². The molecule has 1 aromatic heterocycles. The number of carbonyl (C=O) groups is 1. The Hall–Kier alpha value is -1.59. The number of hydrogen-bond acceptors (Lipinski definition) is 4. The first-order chi connectivity index (χ1) is 10.0. The van der Waals surface area contributed by atoms with Gasteiger partial charge in [-0.25, -0.2) is 4.79 Å². The number of aryl methyl sites for hydroxylation is 1. The highest BCUT2D eigenvalue weighted by Crippen LogP contribution is 2.23. The normalized spacial score (nSPS) is 12.2. The maximum atomic E-state index is 11.5. The van der Waals surface area contributed by atoms with Gasteiger partial charge in [-0.05, 0) is 31.5 Å². The van der Waals surface area contributed by atoms with Crippen LogP contribution in [-0.2, 0) is 11.3 Å². The number of benzene rings is 1. The lowest BCUT2D eigenvalue weighted by atomic mass is 10.1. The topological polar surface area (TPSA) is 51.5 Å². The van der Waals surface area contributed by atoms with E-state index in [1.54, 1.807) is 13.0 Å². The number of furan rings is 1. The molecule has 2 rings (SSSR count). The molecule has 0 amide bonds. The van der Waals surface area contributed by atoms with Crippen LogP contribution in [0.1, 0.15) is 40.4 Å². The van der Waals surface area contributed by atoms with Crippen molar-refractivity contribution in [2.75, 3.05) is 7.11 Å². The Balaban J connectivity index is 2.03. The fourth-order valence-electron chi connectivity index (χ4n) is 2.13. The van der Waals surface area contributed by atoms with E-state index in [4.69, 9.17) is 9.15 Å². The van der Waals surface area contributed by atoms with Gasteiger partial charge in [-0.2, -0.15) is 0 Å². The van der Waals surface area contributed by atoms with Crippen molar-refractivity contribution in [3.63, 3.8) is 0 Å². The van der Waals surface area contributed by atoms with Crippen molar-refractivity contribution in [1.82, 2.24) is 5.32 Å². The lowest BCUT2D eigenvalue weighted by molar-refractivity contribution is 0.0599. The SMILES string of the molecule is COC(=O)c1cc(CN[C@H](C)c2ccccc2Br)oc1C. The Morgan fingerprint density at radius 2 is 2.14 bits per heavy atom. The minimum absolute atomic E-state index is 0.160. The molecular weight excluding hydrogens is 334 g/mol.